The minimum absolute atomic E-state index is 0.223. The van der Waals surface area contributed by atoms with Crippen LogP contribution in [-0.4, -0.2) is 22.9 Å². The molecule has 2 aromatic rings. The van der Waals surface area contributed by atoms with Crippen molar-refractivity contribution in [1.82, 2.24) is 0 Å². The SMILES string of the molecule is CCN(CC)c1ccc(N=Nc2cc(C#N)c([N+](=O)[O-])cc2[N+](=O)[O-])c(C)c1. The molecule has 28 heavy (non-hydrogen) atoms. The van der Waals surface area contributed by atoms with Gasteiger partial charge in [0, 0.05) is 18.8 Å². The number of nitro benzene ring substituents is 2. The van der Waals surface area contributed by atoms with E-state index in [-0.39, 0.29) is 11.3 Å². The summed E-state index contributed by atoms with van der Waals surface area (Å²) in [7, 11) is 0. The van der Waals surface area contributed by atoms with Gasteiger partial charge in [-0.05, 0) is 50.6 Å². The lowest BCUT2D eigenvalue weighted by Crippen LogP contribution is -2.21. The van der Waals surface area contributed by atoms with Crippen molar-refractivity contribution in [3.05, 3.63) is 61.7 Å². The summed E-state index contributed by atoms with van der Waals surface area (Å²) in [4.78, 5) is 22.8. The molecule has 0 heterocycles. The lowest BCUT2D eigenvalue weighted by atomic mass is 10.1. The Balaban J connectivity index is 2.47. The van der Waals surface area contributed by atoms with Gasteiger partial charge in [0.15, 0.2) is 5.69 Å². The molecule has 0 saturated heterocycles. The number of benzene rings is 2. The fourth-order valence-electron chi connectivity index (χ4n) is 2.68. The van der Waals surface area contributed by atoms with E-state index < -0.39 is 21.2 Å². The van der Waals surface area contributed by atoms with E-state index in [2.05, 4.69) is 15.1 Å². The van der Waals surface area contributed by atoms with Crippen molar-refractivity contribution in [2.24, 2.45) is 10.2 Å². The van der Waals surface area contributed by atoms with Gasteiger partial charge in [-0.2, -0.15) is 10.4 Å². The molecule has 0 aliphatic carbocycles. The average molecular weight is 382 g/mol. The summed E-state index contributed by atoms with van der Waals surface area (Å²) in [5.41, 5.74) is 0.562. The summed E-state index contributed by atoms with van der Waals surface area (Å²) >= 11 is 0. The first kappa shape index (κ1) is 20.4. The van der Waals surface area contributed by atoms with E-state index in [4.69, 9.17) is 5.26 Å². The Morgan fingerprint density at radius 3 is 2.11 bits per heavy atom. The monoisotopic (exact) mass is 382 g/mol. The van der Waals surface area contributed by atoms with E-state index >= 15 is 0 Å². The van der Waals surface area contributed by atoms with E-state index in [1.807, 2.05) is 32.9 Å². The third-order valence-corrected chi connectivity index (χ3v) is 4.18. The number of nitriles is 1. The number of hydrogen-bond donors (Lipinski definition) is 0. The first-order chi connectivity index (χ1) is 13.3. The summed E-state index contributed by atoms with van der Waals surface area (Å²) in [6, 6.07) is 8.94. The quantitative estimate of drug-likeness (QED) is 0.377. The molecule has 0 aliphatic heterocycles. The molecule has 10 heteroatoms. The number of rotatable bonds is 7. The van der Waals surface area contributed by atoms with E-state index in [0.29, 0.717) is 5.69 Å². The zero-order chi connectivity index (χ0) is 20.8. The van der Waals surface area contributed by atoms with Gasteiger partial charge in [0.25, 0.3) is 5.69 Å². The summed E-state index contributed by atoms with van der Waals surface area (Å²) in [6.45, 7) is 7.64. The van der Waals surface area contributed by atoms with Crippen LogP contribution in [-0.2, 0) is 0 Å². The highest BCUT2D eigenvalue weighted by Gasteiger charge is 2.24. The Kier molecular flexibility index (Phi) is 6.34. The minimum Gasteiger partial charge on any atom is -0.372 e. The van der Waals surface area contributed by atoms with Gasteiger partial charge >= 0.3 is 5.69 Å². The molecule has 0 radical (unpaired) electrons. The van der Waals surface area contributed by atoms with Crippen molar-refractivity contribution in [1.29, 1.82) is 5.26 Å². The minimum atomic E-state index is -0.845. The molecule has 0 unspecified atom stereocenters. The maximum atomic E-state index is 11.3. The first-order valence-corrected chi connectivity index (χ1v) is 8.46. The number of aryl methyl sites for hydroxylation is 1. The van der Waals surface area contributed by atoms with Crippen LogP contribution < -0.4 is 4.90 Å². The van der Waals surface area contributed by atoms with Crippen molar-refractivity contribution in [2.75, 3.05) is 18.0 Å². The van der Waals surface area contributed by atoms with Crippen LogP contribution in [0.15, 0.2) is 40.6 Å². The molecular formula is C18H18N6O4. The van der Waals surface area contributed by atoms with E-state index in [1.54, 1.807) is 12.1 Å². The van der Waals surface area contributed by atoms with Gasteiger partial charge in [0.2, 0.25) is 0 Å². The van der Waals surface area contributed by atoms with Crippen molar-refractivity contribution >= 4 is 28.4 Å². The smallest absolute Gasteiger partial charge is 0.303 e. The molecule has 0 amide bonds. The third kappa shape index (κ3) is 4.27. The Hall–Kier alpha value is -3.87. The van der Waals surface area contributed by atoms with Crippen molar-refractivity contribution < 1.29 is 9.85 Å². The molecule has 2 rings (SSSR count). The second kappa shape index (κ2) is 8.68. The summed E-state index contributed by atoms with van der Waals surface area (Å²) in [6.07, 6.45) is 0. The van der Waals surface area contributed by atoms with Gasteiger partial charge in [0.05, 0.1) is 21.6 Å². The van der Waals surface area contributed by atoms with Crippen molar-refractivity contribution in [3.63, 3.8) is 0 Å². The predicted octanol–water partition coefficient (Wildman–Crippen LogP) is 4.94. The lowest BCUT2D eigenvalue weighted by Gasteiger charge is -2.21. The second-order valence-corrected chi connectivity index (χ2v) is 5.83. The van der Waals surface area contributed by atoms with Crippen LogP contribution in [0.4, 0.5) is 28.4 Å². The van der Waals surface area contributed by atoms with Crippen LogP contribution in [0, 0.1) is 38.5 Å². The Morgan fingerprint density at radius 2 is 1.61 bits per heavy atom. The van der Waals surface area contributed by atoms with Crippen LogP contribution in [0.2, 0.25) is 0 Å². The molecule has 0 fully saturated rings. The van der Waals surface area contributed by atoms with Crippen LogP contribution in [0.5, 0.6) is 0 Å². The van der Waals surface area contributed by atoms with Gasteiger partial charge in [-0.25, -0.2) is 0 Å². The zero-order valence-corrected chi connectivity index (χ0v) is 15.6. The molecule has 0 spiro atoms. The predicted molar refractivity (Wildman–Crippen MR) is 103 cm³/mol. The van der Waals surface area contributed by atoms with Crippen LogP contribution >= 0.6 is 0 Å². The highest BCUT2D eigenvalue weighted by Crippen LogP contribution is 2.36. The standard InChI is InChI=1S/C18H18N6O4/c1-4-22(5-2)14-6-7-15(12(3)8-14)20-21-16-9-13(11-19)17(23(25)26)10-18(16)24(27)28/h6-10H,4-5H2,1-3H3. The molecule has 10 nitrogen and oxygen atoms in total. The molecule has 0 N–H and O–H groups in total. The van der Waals surface area contributed by atoms with Crippen molar-refractivity contribution in [2.45, 2.75) is 20.8 Å². The molecule has 0 aliphatic rings. The van der Waals surface area contributed by atoms with Gasteiger partial charge < -0.3 is 4.90 Å². The third-order valence-electron chi connectivity index (χ3n) is 4.18. The highest BCUT2D eigenvalue weighted by atomic mass is 16.6. The number of hydrogen-bond acceptors (Lipinski definition) is 8. The van der Waals surface area contributed by atoms with Crippen LogP contribution in [0.3, 0.4) is 0 Å². The molecule has 144 valence electrons. The molecule has 0 bridgehead atoms. The Bertz CT molecular complexity index is 992. The first-order valence-electron chi connectivity index (χ1n) is 8.46. The number of nitro groups is 2. The van der Waals surface area contributed by atoms with E-state index in [1.165, 1.54) is 0 Å². The van der Waals surface area contributed by atoms with E-state index in [0.717, 1.165) is 36.5 Å². The lowest BCUT2D eigenvalue weighted by molar-refractivity contribution is -0.393. The number of anilines is 1. The maximum Gasteiger partial charge on any atom is 0.303 e. The topological polar surface area (TPSA) is 138 Å². The molecule has 2 aromatic carbocycles. The Morgan fingerprint density at radius 1 is 1.00 bits per heavy atom. The van der Waals surface area contributed by atoms with E-state index in [9.17, 15) is 20.2 Å². The molecule has 0 aromatic heterocycles. The number of nitrogens with zero attached hydrogens (tertiary/aromatic N) is 6. The zero-order valence-electron chi connectivity index (χ0n) is 15.6. The van der Waals surface area contributed by atoms with Gasteiger partial charge in [-0.1, -0.05) is 0 Å². The summed E-state index contributed by atoms with van der Waals surface area (Å²) in [5.74, 6) is 0. The Labute approximate surface area is 161 Å². The van der Waals surface area contributed by atoms with Crippen molar-refractivity contribution in [3.8, 4) is 6.07 Å². The maximum absolute atomic E-state index is 11.3. The van der Waals surface area contributed by atoms with Gasteiger partial charge in [0.1, 0.15) is 11.6 Å². The van der Waals surface area contributed by atoms with Gasteiger partial charge in [-0.15, -0.1) is 5.11 Å². The second-order valence-electron chi connectivity index (χ2n) is 5.83. The average Bonchev–Trinajstić information content (AvgIpc) is 2.67. The molecule has 0 saturated carbocycles. The van der Waals surface area contributed by atoms with Crippen LogP contribution in [0.1, 0.15) is 25.0 Å². The normalized spacial score (nSPS) is 10.6. The van der Waals surface area contributed by atoms with Crippen LogP contribution in [0.25, 0.3) is 0 Å². The summed E-state index contributed by atoms with van der Waals surface area (Å²) in [5, 5.41) is 39.3. The highest BCUT2D eigenvalue weighted by molar-refractivity contribution is 5.68. The fraction of sp³-hybridized carbons (Fsp3) is 0.278. The fourth-order valence-corrected chi connectivity index (χ4v) is 2.68. The van der Waals surface area contributed by atoms with Gasteiger partial charge in [-0.3, -0.25) is 20.2 Å². The summed E-state index contributed by atoms with van der Waals surface area (Å²) < 4.78 is 0. The number of azo groups is 1. The molecule has 0 atom stereocenters. The largest absolute Gasteiger partial charge is 0.372 e. The molecular weight excluding hydrogens is 364 g/mol.